The third-order valence-electron chi connectivity index (χ3n) is 1.89. The summed E-state index contributed by atoms with van der Waals surface area (Å²) in [6.07, 6.45) is 0. The Morgan fingerprint density at radius 1 is 1.50 bits per heavy atom. The molecule has 0 saturated carbocycles. The van der Waals surface area contributed by atoms with Gasteiger partial charge in [-0.2, -0.15) is 0 Å². The van der Waals surface area contributed by atoms with Crippen molar-refractivity contribution in [3.05, 3.63) is 29.8 Å². The lowest BCUT2D eigenvalue weighted by atomic mass is 10.2. The van der Waals surface area contributed by atoms with Crippen LogP contribution in [0.2, 0.25) is 0 Å². The van der Waals surface area contributed by atoms with Gasteiger partial charge in [-0.05, 0) is 24.3 Å². The van der Waals surface area contributed by atoms with E-state index < -0.39 is 0 Å². The van der Waals surface area contributed by atoms with E-state index in [-0.39, 0.29) is 5.91 Å². The lowest BCUT2D eigenvalue weighted by Crippen LogP contribution is -2.26. The quantitative estimate of drug-likeness (QED) is 0.445. The van der Waals surface area contributed by atoms with E-state index in [0.717, 1.165) is 0 Å². The minimum Gasteiger partial charge on any atom is -0.383 e. The van der Waals surface area contributed by atoms with Crippen LogP contribution >= 0.6 is 0 Å². The van der Waals surface area contributed by atoms with Gasteiger partial charge in [-0.3, -0.25) is 4.79 Å². The summed E-state index contributed by atoms with van der Waals surface area (Å²) in [6.45, 7) is 0.959. The molecule has 84 valence electrons. The predicted octanol–water partition coefficient (Wildman–Crippen LogP) is 1.24. The largest absolute Gasteiger partial charge is 0.383 e. The van der Waals surface area contributed by atoms with Crippen LogP contribution in [0.1, 0.15) is 10.4 Å². The number of amides is 1. The highest BCUT2D eigenvalue weighted by Crippen LogP contribution is 2.11. The average molecular weight is 221 g/mol. The van der Waals surface area contributed by atoms with Crippen molar-refractivity contribution in [1.29, 1.82) is 5.53 Å². The third-order valence-corrected chi connectivity index (χ3v) is 1.89. The molecular weight excluding hydrogens is 208 g/mol. The van der Waals surface area contributed by atoms with Crippen molar-refractivity contribution < 1.29 is 9.53 Å². The number of carbonyl (C=O) groups excluding carboxylic acids is 1. The monoisotopic (exact) mass is 221 g/mol. The predicted molar refractivity (Wildman–Crippen MR) is 57.6 cm³/mol. The molecule has 0 aliphatic carbocycles. The summed E-state index contributed by atoms with van der Waals surface area (Å²) in [5.74, 6) is -0.161. The van der Waals surface area contributed by atoms with E-state index >= 15 is 0 Å². The van der Waals surface area contributed by atoms with Gasteiger partial charge in [0.05, 0.1) is 6.61 Å². The van der Waals surface area contributed by atoms with Crippen molar-refractivity contribution >= 4 is 11.6 Å². The molecule has 0 bridgehead atoms. The highest BCUT2D eigenvalue weighted by atomic mass is 16.5. The smallest absolute Gasteiger partial charge is 0.251 e. The normalized spacial score (nSPS) is 9.31. The lowest BCUT2D eigenvalue weighted by Gasteiger charge is -2.03. The first-order valence-corrected chi connectivity index (χ1v) is 4.72. The molecule has 16 heavy (non-hydrogen) atoms. The summed E-state index contributed by atoms with van der Waals surface area (Å²) < 4.78 is 4.82. The van der Waals surface area contributed by atoms with Crippen molar-refractivity contribution in [2.45, 2.75) is 0 Å². The van der Waals surface area contributed by atoms with Crippen molar-refractivity contribution in [2.24, 2.45) is 5.11 Å². The second kappa shape index (κ2) is 6.44. The minimum atomic E-state index is -0.161. The van der Waals surface area contributed by atoms with Crippen LogP contribution in [0, 0.1) is 5.53 Å². The number of nitrogens with zero attached hydrogens (tertiary/aromatic N) is 2. The molecule has 1 aromatic rings. The molecule has 2 N–H and O–H groups in total. The Labute approximate surface area is 92.8 Å². The first-order chi connectivity index (χ1) is 7.77. The molecule has 0 aliphatic rings. The number of benzene rings is 1. The van der Waals surface area contributed by atoms with Gasteiger partial charge in [0.25, 0.3) is 5.91 Å². The molecule has 1 aromatic carbocycles. The maximum absolute atomic E-state index is 11.5. The van der Waals surface area contributed by atoms with Crippen LogP contribution in [-0.2, 0) is 4.74 Å². The average Bonchev–Trinajstić information content (AvgIpc) is 2.30. The summed E-state index contributed by atoms with van der Waals surface area (Å²) in [5, 5.41) is 6.22. The maximum atomic E-state index is 11.5. The Bertz CT molecular complexity index is 396. The van der Waals surface area contributed by atoms with Crippen LogP contribution < -0.4 is 10.2 Å². The maximum Gasteiger partial charge on any atom is 0.251 e. The number of hydrogen-bond acceptors (Lipinski definition) is 4. The van der Waals surface area contributed by atoms with Gasteiger partial charge in [-0.15, -0.1) is 0 Å². The van der Waals surface area contributed by atoms with E-state index in [2.05, 4.69) is 15.3 Å². The lowest BCUT2D eigenvalue weighted by molar-refractivity contribution is 0.0937. The van der Waals surface area contributed by atoms with Gasteiger partial charge in [0.2, 0.25) is 4.91 Å². The summed E-state index contributed by atoms with van der Waals surface area (Å²) in [5.41, 5.74) is 7.64. The van der Waals surface area contributed by atoms with E-state index in [1.54, 1.807) is 31.4 Å². The van der Waals surface area contributed by atoms with Crippen LogP contribution in [0.5, 0.6) is 0 Å². The molecule has 0 heterocycles. The fourth-order valence-corrected chi connectivity index (χ4v) is 1.11. The molecule has 1 amide bonds. The number of carbonyl (C=O) groups is 1. The zero-order valence-corrected chi connectivity index (χ0v) is 8.93. The Hall–Kier alpha value is -2.04. The van der Waals surface area contributed by atoms with Crippen molar-refractivity contribution in [2.75, 3.05) is 20.3 Å². The van der Waals surface area contributed by atoms with E-state index in [1.807, 2.05) is 0 Å². The van der Waals surface area contributed by atoms with Crippen LogP contribution in [0.3, 0.4) is 0 Å². The topological polar surface area (TPSA) is 88.6 Å². The molecule has 0 unspecified atom stereocenters. The zero-order valence-electron chi connectivity index (χ0n) is 8.93. The molecule has 0 saturated heterocycles. The standard InChI is InChI=1S/C10H12N4O2/c1-16-7-6-12-10(15)8-2-4-9(5-3-8)13-14-11/h2-5,11H,6-7H2,1H3/p+1. The molecular formula is C10H13N4O2+. The molecule has 0 fully saturated rings. The molecule has 6 nitrogen and oxygen atoms in total. The number of nitrogens with one attached hydrogen (secondary N) is 2. The number of ether oxygens (including phenoxy) is 1. The zero-order chi connectivity index (χ0) is 11.8. The molecule has 1 rings (SSSR count). The molecule has 0 atom stereocenters. The van der Waals surface area contributed by atoms with Crippen LogP contribution in [-0.4, -0.2) is 26.2 Å². The first-order valence-electron chi connectivity index (χ1n) is 4.72. The van der Waals surface area contributed by atoms with Crippen LogP contribution in [0.25, 0.3) is 0 Å². The van der Waals surface area contributed by atoms with Gasteiger partial charge in [0.1, 0.15) is 5.53 Å². The second-order valence-corrected chi connectivity index (χ2v) is 3.00. The first kappa shape index (κ1) is 12.0. The Morgan fingerprint density at radius 2 is 2.19 bits per heavy atom. The Balaban J connectivity index is 2.59. The van der Waals surface area contributed by atoms with Crippen LogP contribution in [0.15, 0.2) is 29.4 Å². The van der Waals surface area contributed by atoms with Gasteiger partial charge < -0.3 is 10.1 Å². The van der Waals surface area contributed by atoms with E-state index in [4.69, 9.17) is 10.3 Å². The van der Waals surface area contributed by atoms with E-state index in [1.165, 1.54) is 0 Å². The summed E-state index contributed by atoms with van der Waals surface area (Å²) in [6, 6.07) is 6.52. The van der Waals surface area contributed by atoms with Gasteiger partial charge in [-0.25, -0.2) is 0 Å². The Morgan fingerprint density at radius 3 is 2.75 bits per heavy atom. The SMILES string of the molecule is COCCNC(=O)c1ccc(N=[N+]=N)cc1. The highest BCUT2D eigenvalue weighted by Gasteiger charge is 2.04. The van der Waals surface area contributed by atoms with Crippen molar-refractivity contribution in [1.82, 2.24) is 10.2 Å². The fourth-order valence-electron chi connectivity index (χ4n) is 1.11. The van der Waals surface area contributed by atoms with E-state index in [0.29, 0.717) is 24.4 Å². The highest BCUT2D eigenvalue weighted by molar-refractivity contribution is 5.94. The molecule has 0 aromatic heterocycles. The Kier molecular flexibility index (Phi) is 4.85. The molecule has 6 heteroatoms. The second-order valence-electron chi connectivity index (χ2n) is 3.00. The van der Waals surface area contributed by atoms with Gasteiger partial charge >= 0.3 is 0 Å². The third kappa shape index (κ3) is 3.61. The number of methoxy groups -OCH3 is 1. The number of hydrogen-bond donors (Lipinski definition) is 2. The minimum absolute atomic E-state index is 0.161. The summed E-state index contributed by atoms with van der Waals surface area (Å²) >= 11 is 0. The molecule has 0 aliphatic heterocycles. The summed E-state index contributed by atoms with van der Waals surface area (Å²) in [7, 11) is 1.58. The van der Waals surface area contributed by atoms with Gasteiger partial charge in [0.15, 0.2) is 10.8 Å². The van der Waals surface area contributed by atoms with Gasteiger partial charge in [-0.1, -0.05) is 0 Å². The summed E-state index contributed by atoms with van der Waals surface area (Å²) in [4.78, 5) is 14.4. The van der Waals surface area contributed by atoms with Crippen molar-refractivity contribution in [3.8, 4) is 0 Å². The van der Waals surface area contributed by atoms with Gasteiger partial charge in [0, 0.05) is 19.2 Å². The van der Waals surface area contributed by atoms with Crippen molar-refractivity contribution in [3.63, 3.8) is 0 Å². The molecule has 0 spiro atoms. The number of rotatable bonds is 5. The van der Waals surface area contributed by atoms with E-state index in [9.17, 15) is 4.79 Å². The fraction of sp³-hybridized carbons (Fsp3) is 0.300. The molecule has 0 radical (unpaired) electrons. The van der Waals surface area contributed by atoms with Crippen LogP contribution in [0.4, 0.5) is 5.69 Å².